The number of alkyl halides is 9. The van der Waals surface area contributed by atoms with E-state index in [9.17, 15) is 44.3 Å². The highest BCUT2D eigenvalue weighted by Gasteiger charge is 2.42. The number of carbonyl (C=O) groups excluding carboxylic acids is 1. The van der Waals surface area contributed by atoms with E-state index in [1.54, 1.807) is 0 Å². The average Bonchev–Trinajstić information content (AvgIpc) is 3.45. The minimum absolute atomic E-state index is 0.0201. The number of nitrogens with zero attached hydrogens (tertiary/aromatic N) is 6. The highest BCUT2D eigenvalue weighted by Crippen LogP contribution is 2.47. The van der Waals surface area contributed by atoms with Crippen molar-refractivity contribution in [2.75, 3.05) is 16.3 Å². The number of anilines is 2. The summed E-state index contributed by atoms with van der Waals surface area (Å²) in [5, 5.41) is 11.9. The molecule has 3 aromatic rings. The summed E-state index contributed by atoms with van der Waals surface area (Å²) in [6.07, 6.45) is -10.8. The molecule has 1 saturated carbocycles. The van der Waals surface area contributed by atoms with Crippen molar-refractivity contribution in [2.24, 2.45) is 24.6 Å². The van der Waals surface area contributed by atoms with Crippen molar-refractivity contribution in [3.8, 4) is 0 Å². The summed E-state index contributed by atoms with van der Waals surface area (Å²) in [5.41, 5.74) is 1.67. The van der Waals surface area contributed by atoms with Gasteiger partial charge in [0.25, 0.3) is 5.95 Å². The van der Waals surface area contributed by atoms with E-state index in [-0.39, 0.29) is 53.3 Å². The fourth-order valence-corrected chi connectivity index (χ4v) is 7.10. The molecule has 17 heteroatoms. The SMILES string of the molecule is CC[C@@H]1CC(N(Cc2cc(C(F)(F)F)cc(C(F)(F)F)c2)c2nnn(C)n2)c2cc(C(F)(F)F)ccc2N1CC1CCC(CC(N)=O)CC1. The van der Waals surface area contributed by atoms with Gasteiger partial charge in [-0.15, -0.1) is 5.10 Å². The molecule has 49 heavy (non-hydrogen) atoms. The molecule has 0 radical (unpaired) electrons. The van der Waals surface area contributed by atoms with Crippen LogP contribution in [0.3, 0.4) is 0 Å². The van der Waals surface area contributed by atoms with Crippen LogP contribution < -0.4 is 15.5 Å². The molecule has 2 aliphatic rings. The zero-order valence-electron chi connectivity index (χ0n) is 26.7. The lowest BCUT2D eigenvalue weighted by atomic mass is 9.79. The van der Waals surface area contributed by atoms with Gasteiger partial charge in [0, 0.05) is 31.2 Å². The van der Waals surface area contributed by atoms with Crippen LogP contribution in [0.25, 0.3) is 0 Å². The molecule has 2 N–H and O–H groups in total. The van der Waals surface area contributed by atoms with Crippen molar-refractivity contribution in [3.05, 3.63) is 64.2 Å². The van der Waals surface area contributed by atoms with E-state index < -0.39 is 47.8 Å². The zero-order valence-corrected chi connectivity index (χ0v) is 26.7. The van der Waals surface area contributed by atoms with Crippen LogP contribution >= 0.6 is 0 Å². The van der Waals surface area contributed by atoms with Gasteiger partial charge < -0.3 is 15.5 Å². The standard InChI is InChI=1S/C32H36F9N7O/c1-3-24-15-27(48(29-43-45-46(2)44-29)17-20-10-22(31(36,37)38)13-23(11-20)32(39,40)41)25-14-21(30(33,34)35)8-9-26(25)47(24)16-19-6-4-18(5-7-19)12-28(42)49/h8-11,13-14,18-19,24,27H,3-7,12,15-17H2,1-2H3,(H2,42,49)/t18?,19?,24-,27?/m1/s1. The predicted octanol–water partition coefficient (Wildman–Crippen LogP) is 7.68. The Morgan fingerprint density at radius 3 is 1.98 bits per heavy atom. The lowest BCUT2D eigenvalue weighted by molar-refractivity contribution is -0.143. The van der Waals surface area contributed by atoms with Gasteiger partial charge in [-0.1, -0.05) is 12.0 Å². The fourth-order valence-electron chi connectivity index (χ4n) is 7.10. The summed E-state index contributed by atoms with van der Waals surface area (Å²) < 4.78 is 125. The van der Waals surface area contributed by atoms with Crippen molar-refractivity contribution in [1.82, 2.24) is 20.2 Å². The molecule has 1 amide bonds. The molecular weight excluding hydrogens is 669 g/mol. The molecule has 1 fully saturated rings. The predicted molar refractivity (Wildman–Crippen MR) is 161 cm³/mol. The van der Waals surface area contributed by atoms with Crippen molar-refractivity contribution in [3.63, 3.8) is 0 Å². The Morgan fingerprint density at radius 1 is 0.878 bits per heavy atom. The summed E-state index contributed by atoms with van der Waals surface area (Å²) in [4.78, 5) is 15.9. The van der Waals surface area contributed by atoms with Gasteiger partial charge >= 0.3 is 18.5 Å². The Bertz CT molecular complexity index is 1600. The third kappa shape index (κ3) is 8.40. The number of fused-ring (bicyclic) bond motifs is 1. The molecule has 8 nitrogen and oxygen atoms in total. The minimum Gasteiger partial charge on any atom is -0.370 e. The van der Waals surface area contributed by atoms with Crippen LogP contribution in [-0.4, -0.2) is 38.7 Å². The molecule has 2 atom stereocenters. The van der Waals surface area contributed by atoms with Crippen LogP contribution in [0.1, 0.15) is 85.7 Å². The molecule has 0 bridgehead atoms. The topological polar surface area (TPSA) is 93.2 Å². The highest BCUT2D eigenvalue weighted by molar-refractivity contribution is 5.74. The first-order chi connectivity index (χ1) is 22.8. The number of carbonyl (C=O) groups is 1. The monoisotopic (exact) mass is 705 g/mol. The minimum atomic E-state index is -5.10. The average molecular weight is 706 g/mol. The van der Waals surface area contributed by atoms with E-state index in [2.05, 4.69) is 20.3 Å². The molecule has 1 aromatic heterocycles. The molecule has 1 aliphatic heterocycles. The Hall–Kier alpha value is -4.05. The maximum atomic E-state index is 14.1. The van der Waals surface area contributed by atoms with Crippen LogP contribution in [0.4, 0.5) is 51.1 Å². The normalized spacial score (nSPS) is 21.8. The smallest absolute Gasteiger partial charge is 0.370 e. The molecule has 268 valence electrons. The first-order valence-corrected chi connectivity index (χ1v) is 15.9. The van der Waals surface area contributed by atoms with Crippen molar-refractivity contribution < 1.29 is 44.3 Å². The number of primary amides is 1. The molecule has 1 aliphatic carbocycles. The van der Waals surface area contributed by atoms with Crippen molar-refractivity contribution >= 4 is 17.5 Å². The van der Waals surface area contributed by atoms with Gasteiger partial charge in [0.05, 0.1) is 29.8 Å². The highest BCUT2D eigenvalue weighted by atomic mass is 19.4. The quantitative estimate of drug-likeness (QED) is 0.230. The lowest BCUT2D eigenvalue weighted by Crippen LogP contribution is -2.47. The molecule has 0 saturated heterocycles. The van der Waals surface area contributed by atoms with Crippen LogP contribution in [0.15, 0.2) is 36.4 Å². The number of rotatable bonds is 9. The number of halogens is 9. The van der Waals surface area contributed by atoms with Crippen molar-refractivity contribution in [1.29, 1.82) is 0 Å². The number of tetrazole rings is 1. The van der Waals surface area contributed by atoms with Crippen LogP contribution in [0.5, 0.6) is 0 Å². The van der Waals surface area contributed by atoms with E-state index in [1.165, 1.54) is 18.0 Å². The summed E-state index contributed by atoms with van der Waals surface area (Å²) in [7, 11) is 1.41. The van der Waals surface area contributed by atoms with Gasteiger partial charge in [0.15, 0.2) is 0 Å². The van der Waals surface area contributed by atoms with E-state index >= 15 is 0 Å². The molecular formula is C32H36F9N7O. The van der Waals surface area contributed by atoms with E-state index in [0.29, 0.717) is 37.2 Å². The van der Waals surface area contributed by atoms with Crippen molar-refractivity contribution in [2.45, 2.75) is 89.0 Å². The molecule has 2 heterocycles. The third-order valence-corrected chi connectivity index (χ3v) is 9.47. The van der Waals surface area contributed by atoms with E-state index in [0.717, 1.165) is 42.6 Å². The van der Waals surface area contributed by atoms with Gasteiger partial charge in [0.1, 0.15) is 0 Å². The second-order valence-electron chi connectivity index (χ2n) is 12.9. The second-order valence-corrected chi connectivity index (χ2v) is 12.9. The van der Waals surface area contributed by atoms with E-state index in [1.807, 2.05) is 6.92 Å². The van der Waals surface area contributed by atoms with Crippen LogP contribution in [0, 0.1) is 11.8 Å². The Balaban J connectivity index is 1.58. The number of aromatic nitrogens is 4. The largest absolute Gasteiger partial charge is 0.416 e. The maximum Gasteiger partial charge on any atom is 0.416 e. The lowest BCUT2D eigenvalue weighted by Gasteiger charge is -2.47. The third-order valence-electron chi connectivity index (χ3n) is 9.47. The Morgan fingerprint density at radius 2 is 1.47 bits per heavy atom. The molecule has 5 rings (SSSR count). The number of benzene rings is 2. The van der Waals surface area contributed by atoms with Crippen LogP contribution in [-0.2, 0) is 36.9 Å². The zero-order chi connectivity index (χ0) is 35.9. The van der Waals surface area contributed by atoms with Gasteiger partial charge in [-0.25, -0.2) is 0 Å². The molecule has 2 aromatic carbocycles. The summed E-state index contributed by atoms with van der Waals surface area (Å²) in [6, 6.07) is 3.30. The first kappa shape index (κ1) is 36.2. The summed E-state index contributed by atoms with van der Waals surface area (Å²) in [6.45, 7) is 1.83. The molecule has 1 unspecified atom stereocenters. The van der Waals surface area contributed by atoms with Gasteiger partial charge in [-0.3, -0.25) is 4.79 Å². The van der Waals surface area contributed by atoms with Gasteiger partial charge in [-0.05, 0) is 103 Å². The number of nitrogens with two attached hydrogens (primary N) is 1. The second kappa shape index (κ2) is 13.7. The Kier molecular flexibility index (Phi) is 10.1. The van der Waals surface area contributed by atoms with Crippen LogP contribution in [0.2, 0.25) is 0 Å². The number of amides is 1. The summed E-state index contributed by atoms with van der Waals surface area (Å²) >= 11 is 0. The summed E-state index contributed by atoms with van der Waals surface area (Å²) in [5.74, 6) is -0.191. The van der Waals surface area contributed by atoms with E-state index in [4.69, 9.17) is 5.73 Å². The number of hydrogen-bond acceptors (Lipinski definition) is 6. The van der Waals surface area contributed by atoms with Gasteiger partial charge in [0.2, 0.25) is 5.91 Å². The fraction of sp³-hybridized carbons (Fsp3) is 0.562. The van der Waals surface area contributed by atoms with Gasteiger partial charge in [-0.2, -0.15) is 44.3 Å². The maximum absolute atomic E-state index is 14.1. The number of aryl methyl sites for hydroxylation is 1. The first-order valence-electron chi connectivity index (χ1n) is 15.9. The Labute approximate surface area is 276 Å². The number of hydrogen-bond donors (Lipinski definition) is 1. The molecule has 0 spiro atoms.